The average molecular weight is 259 g/mol. The number of hydrogen-bond acceptors (Lipinski definition) is 3. The summed E-state index contributed by atoms with van der Waals surface area (Å²) in [4.78, 5) is 14.2. The smallest absolute Gasteiger partial charge is 0.323 e. The lowest BCUT2D eigenvalue weighted by Gasteiger charge is -2.36. The highest BCUT2D eigenvalue weighted by Gasteiger charge is 2.31. The topological polar surface area (TPSA) is 29.5 Å². The van der Waals surface area contributed by atoms with Crippen LogP contribution < -0.4 is 0 Å². The van der Waals surface area contributed by atoms with Gasteiger partial charge in [0.05, 0.1) is 6.61 Å². The highest BCUT2D eigenvalue weighted by Crippen LogP contribution is 2.21. The molecule has 0 saturated carbocycles. The number of rotatable bonds is 4. The molecule has 1 aromatic carbocycles. The van der Waals surface area contributed by atoms with E-state index in [4.69, 9.17) is 4.74 Å². The molecule has 1 aliphatic rings. The van der Waals surface area contributed by atoms with E-state index in [2.05, 4.69) is 36.1 Å². The third kappa shape index (κ3) is 3.44. The Balaban J connectivity index is 2.13. The van der Waals surface area contributed by atoms with E-state index in [0.29, 0.717) is 6.61 Å². The minimum atomic E-state index is -0.167. The second-order valence-electron chi connectivity index (χ2n) is 4.83. The van der Waals surface area contributed by atoms with E-state index >= 15 is 0 Å². The Morgan fingerprint density at radius 2 is 2.11 bits per heavy atom. The van der Waals surface area contributed by atoms with Gasteiger partial charge in [0, 0.05) is 12.6 Å². The van der Waals surface area contributed by atoms with Gasteiger partial charge >= 0.3 is 5.97 Å². The molecule has 19 heavy (non-hydrogen) atoms. The number of carbonyl (C=O) groups is 1. The molecule has 0 radical (unpaired) electrons. The third-order valence-corrected chi connectivity index (χ3v) is 3.46. The van der Waals surface area contributed by atoms with Crippen molar-refractivity contribution in [3.8, 4) is 0 Å². The predicted octanol–water partition coefficient (Wildman–Crippen LogP) is 2.77. The van der Waals surface area contributed by atoms with Gasteiger partial charge in [0.15, 0.2) is 0 Å². The fourth-order valence-electron chi connectivity index (χ4n) is 2.45. The minimum absolute atomic E-state index is 0.116. The molecule has 3 heteroatoms. The van der Waals surface area contributed by atoms with E-state index in [-0.39, 0.29) is 18.1 Å². The van der Waals surface area contributed by atoms with Gasteiger partial charge in [-0.1, -0.05) is 42.5 Å². The summed E-state index contributed by atoms with van der Waals surface area (Å²) < 4.78 is 5.18. The molecule has 0 spiro atoms. The van der Waals surface area contributed by atoms with Crippen molar-refractivity contribution >= 4 is 5.97 Å². The van der Waals surface area contributed by atoms with Crippen molar-refractivity contribution in [2.24, 2.45) is 0 Å². The average Bonchev–Trinajstić information content (AvgIpc) is 2.42. The van der Waals surface area contributed by atoms with Crippen molar-refractivity contribution in [1.82, 2.24) is 4.90 Å². The number of carbonyl (C=O) groups excluding carboxylic acids is 1. The predicted molar refractivity (Wildman–Crippen MR) is 75.6 cm³/mol. The van der Waals surface area contributed by atoms with Crippen LogP contribution in [0.5, 0.6) is 0 Å². The van der Waals surface area contributed by atoms with Crippen molar-refractivity contribution in [1.29, 1.82) is 0 Å². The van der Waals surface area contributed by atoms with Crippen LogP contribution in [0.4, 0.5) is 0 Å². The molecule has 3 nitrogen and oxygen atoms in total. The van der Waals surface area contributed by atoms with Crippen LogP contribution in [0.25, 0.3) is 0 Å². The van der Waals surface area contributed by atoms with Crippen LogP contribution in [-0.2, 0) is 16.1 Å². The minimum Gasteiger partial charge on any atom is -0.465 e. The van der Waals surface area contributed by atoms with Crippen LogP contribution in [0, 0.1) is 0 Å². The first-order valence-electron chi connectivity index (χ1n) is 6.85. The summed E-state index contributed by atoms with van der Waals surface area (Å²) in [5, 5.41) is 0. The molecule has 0 bridgehead atoms. The van der Waals surface area contributed by atoms with Crippen LogP contribution in [0.15, 0.2) is 42.5 Å². The summed E-state index contributed by atoms with van der Waals surface area (Å²) in [5.74, 6) is -0.116. The molecule has 0 unspecified atom stereocenters. The lowest BCUT2D eigenvalue weighted by atomic mass is 10.0. The van der Waals surface area contributed by atoms with Crippen molar-refractivity contribution in [2.75, 3.05) is 6.61 Å². The van der Waals surface area contributed by atoms with Crippen molar-refractivity contribution in [3.05, 3.63) is 48.0 Å². The van der Waals surface area contributed by atoms with Crippen LogP contribution >= 0.6 is 0 Å². The maximum Gasteiger partial charge on any atom is 0.323 e. The highest BCUT2D eigenvalue weighted by atomic mass is 16.5. The molecular formula is C16H21NO2. The lowest BCUT2D eigenvalue weighted by molar-refractivity contribution is -0.150. The number of benzene rings is 1. The Bertz CT molecular complexity index is 441. The van der Waals surface area contributed by atoms with Gasteiger partial charge in [-0.05, 0) is 25.8 Å². The van der Waals surface area contributed by atoms with E-state index in [0.717, 1.165) is 13.0 Å². The lowest BCUT2D eigenvalue weighted by Crippen LogP contribution is -2.47. The zero-order valence-electron chi connectivity index (χ0n) is 11.6. The van der Waals surface area contributed by atoms with Gasteiger partial charge in [-0.3, -0.25) is 9.69 Å². The van der Waals surface area contributed by atoms with E-state index < -0.39 is 0 Å². The second-order valence-corrected chi connectivity index (χ2v) is 4.83. The molecule has 0 fully saturated rings. The Morgan fingerprint density at radius 3 is 2.79 bits per heavy atom. The molecule has 0 amide bonds. The number of hydrogen-bond donors (Lipinski definition) is 0. The first-order chi connectivity index (χ1) is 9.22. The maximum atomic E-state index is 12.0. The van der Waals surface area contributed by atoms with Gasteiger partial charge in [-0.25, -0.2) is 0 Å². The number of nitrogens with zero attached hydrogens (tertiary/aromatic N) is 1. The molecule has 2 rings (SSSR count). The van der Waals surface area contributed by atoms with Crippen molar-refractivity contribution in [2.45, 2.75) is 38.9 Å². The fourth-order valence-corrected chi connectivity index (χ4v) is 2.45. The van der Waals surface area contributed by atoms with Crippen LogP contribution in [0.3, 0.4) is 0 Å². The van der Waals surface area contributed by atoms with E-state index in [1.807, 2.05) is 25.1 Å². The summed E-state index contributed by atoms with van der Waals surface area (Å²) in [6, 6.07) is 10.3. The van der Waals surface area contributed by atoms with Gasteiger partial charge in [-0.15, -0.1) is 0 Å². The molecule has 102 valence electrons. The molecule has 1 aliphatic heterocycles. The van der Waals surface area contributed by atoms with Crippen molar-refractivity contribution < 1.29 is 9.53 Å². The monoisotopic (exact) mass is 259 g/mol. The van der Waals surface area contributed by atoms with Gasteiger partial charge in [-0.2, -0.15) is 0 Å². The molecule has 0 saturated heterocycles. The number of esters is 1. The largest absolute Gasteiger partial charge is 0.465 e. The molecule has 0 aromatic heterocycles. The van der Waals surface area contributed by atoms with Crippen molar-refractivity contribution in [3.63, 3.8) is 0 Å². The summed E-state index contributed by atoms with van der Waals surface area (Å²) >= 11 is 0. The third-order valence-electron chi connectivity index (χ3n) is 3.46. The van der Waals surface area contributed by atoms with E-state index in [1.54, 1.807) is 0 Å². The molecule has 0 N–H and O–H groups in total. The van der Waals surface area contributed by atoms with Crippen LogP contribution in [-0.4, -0.2) is 29.6 Å². The van der Waals surface area contributed by atoms with Crippen LogP contribution in [0.1, 0.15) is 25.8 Å². The maximum absolute atomic E-state index is 12.0. The second kappa shape index (κ2) is 6.53. The van der Waals surface area contributed by atoms with E-state index in [1.165, 1.54) is 5.56 Å². The highest BCUT2D eigenvalue weighted by molar-refractivity contribution is 5.76. The quantitative estimate of drug-likeness (QED) is 0.615. The molecule has 2 atom stereocenters. The van der Waals surface area contributed by atoms with Gasteiger partial charge in [0.2, 0.25) is 0 Å². The SMILES string of the molecule is CCOC(=O)[C@H]1CC=C[C@@H](C)N1Cc1ccccc1. The summed E-state index contributed by atoms with van der Waals surface area (Å²) in [6.45, 7) is 5.18. The standard InChI is InChI=1S/C16H21NO2/c1-3-19-16(18)15-11-7-8-13(2)17(15)12-14-9-5-4-6-10-14/h4-10,13,15H,3,11-12H2,1-2H3/t13-,15-/m1/s1. The van der Waals surface area contributed by atoms with Gasteiger partial charge in [0.1, 0.15) is 6.04 Å². The Kier molecular flexibility index (Phi) is 4.74. The summed E-state index contributed by atoms with van der Waals surface area (Å²) in [5.41, 5.74) is 1.22. The molecule has 1 heterocycles. The zero-order valence-corrected chi connectivity index (χ0v) is 11.6. The summed E-state index contributed by atoms with van der Waals surface area (Å²) in [6.07, 6.45) is 4.96. The van der Waals surface area contributed by atoms with Gasteiger partial charge in [0.25, 0.3) is 0 Å². The first kappa shape index (κ1) is 13.8. The molecule has 0 aliphatic carbocycles. The molecule has 1 aromatic rings. The van der Waals surface area contributed by atoms with E-state index in [9.17, 15) is 4.79 Å². The zero-order chi connectivity index (χ0) is 13.7. The van der Waals surface area contributed by atoms with Gasteiger partial charge < -0.3 is 4.74 Å². The fraction of sp³-hybridized carbons (Fsp3) is 0.438. The Morgan fingerprint density at radius 1 is 1.37 bits per heavy atom. The van der Waals surface area contributed by atoms with Crippen LogP contribution in [0.2, 0.25) is 0 Å². The number of ether oxygens (including phenoxy) is 1. The normalized spacial score (nSPS) is 23.3. The Labute approximate surface area is 114 Å². The first-order valence-corrected chi connectivity index (χ1v) is 6.85. The Hall–Kier alpha value is -1.61. The molecular weight excluding hydrogens is 238 g/mol. The summed E-state index contributed by atoms with van der Waals surface area (Å²) in [7, 11) is 0.